The summed E-state index contributed by atoms with van der Waals surface area (Å²) in [5.41, 5.74) is 0.723. The molecule has 0 atom stereocenters. The molecule has 0 saturated carbocycles. The summed E-state index contributed by atoms with van der Waals surface area (Å²) in [4.78, 5) is 32.4. The van der Waals surface area contributed by atoms with Gasteiger partial charge >= 0.3 is 5.97 Å². The highest BCUT2D eigenvalue weighted by Crippen LogP contribution is 2.19. The van der Waals surface area contributed by atoms with E-state index < -0.39 is 17.6 Å². The van der Waals surface area contributed by atoms with E-state index in [1.165, 1.54) is 31.2 Å². The van der Waals surface area contributed by atoms with E-state index in [1.807, 2.05) is 0 Å². The Labute approximate surface area is 164 Å². The van der Waals surface area contributed by atoms with Crippen molar-refractivity contribution in [3.05, 3.63) is 80.3 Å². The zero-order chi connectivity index (χ0) is 19.9. The molecule has 8 heteroatoms. The normalized spacial score (nSPS) is 10.2. The fourth-order valence-electron chi connectivity index (χ4n) is 1.70. The van der Waals surface area contributed by atoms with Crippen LogP contribution < -0.4 is 0 Å². The second-order valence-corrected chi connectivity index (χ2v) is 6.55. The van der Waals surface area contributed by atoms with Gasteiger partial charge in [-0.05, 0) is 81.3 Å². The maximum atomic E-state index is 12.7. The molecule has 0 spiro atoms. The number of Topliss-reactive ketones (excluding diaryl/α,β-unsaturated/α-hetero) is 1. The second-order valence-electron chi connectivity index (χ2n) is 4.84. The lowest BCUT2D eigenvalue weighted by molar-refractivity contribution is -0.131. The van der Waals surface area contributed by atoms with Crippen LogP contribution in [0.25, 0.3) is 0 Å². The lowest BCUT2D eigenvalue weighted by Crippen LogP contribution is -1.98. The van der Waals surface area contributed by atoms with Crippen LogP contribution in [0.2, 0.25) is 0 Å². The van der Waals surface area contributed by atoms with E-state index in [1.54, 1.807) is 0 Å². The van der Waals surface area contributed by atoms with Gasteiger partial charge in [0.15, 0.2) is 11.6 Å². The quantitative estimate of drug-likeness (QED) is 0.473. The Hall–Kier alpha value is -2.19. The minimum Gasteiger partial charge on any atom is -0.478 e. The highest BCUT2D eigenvalue weighted by atomic mass is 79.9. The van der Waals surface area contributed by atoms with E-state index in [-0.39, 0.29) is 17.2 Å². The van der Waals surface area contributed by atoms with Crippen LogP contribution in [0.1, 0.15) is 27.6 Å². The van der Waals surface area contributed by atoms with Crippen molar-refractivity contribution >= 4 is 49.4 Å². The number of allylic oxidation sites excluding steroid dienone is 1. The third-order valence-corrected chi connectivity index (χ3v) is 4.20. The van der Waals surface area contributed by atoms with Crippen molar-refractivity contribution in [1.82, 2.24) is 0 Å². The van der Waals surface area contributed by atoms with Gasteiger partial charge in [-0.2, -0.15) is 0 Å². The average Bonchev–Trinajstić information content (AvgIpc) is 2.52. The molecule has 0 aliphatic rings. The van der Waals surface area contributed by atoms with Crippen LogP contribution in [-0.2, 0) is 4.79 Å². The molecule has 1 N–H and O–H groups in total. The van der Waals surface area contributed by atoms with Crippen LogP contribution >= 0.6 is 31.9 Å². The van der Waals surface area contributed by atoms with E-state index in [2.05, 4.69) is 31.9 Å². The first-order valence-electron chi connectivity index (χ1n) is 6.98. The van der Waals surface area contributed by atoms with E-state index in [9.17, 15) is 23.2 Å². The predicted molar refractivity (Wildman–Crippen MR) is 99.3 cm³/mol. The summed E-state index contributed by atoms with van der Waals surface area (Å²) < 4.78 is 25.9. The Balaban J connectivity index is 0.000000273. The van der Waals surface area contributed by atoms with Gasteiger partial charge in [0, 0.05) is 26.1 Å². The molecule has 2 aromatic carbocycles. The van der Waals surface area contributed by atoms with Gasteiger partial charge in [-0.15, -0.1) is 0 Å². The van der Waals surface area contributed by atoms with Gasteiger partial charge in [0.1, 0.15) is 11.6 Å². The molecule has 0 amide bonds. The summed E-state index contributed by atoms with van der Waals surface area (Å²) in [6, 6.07) is 7.56. The van der Waals surface area contributed by atoms with Gasteiger partial charge in [0.05, 0.1) is 0 Å². The van der Waals surface area contributed by atoms with Crippen LogP contribution in [0.15, 0.2) is 57.5 Å². The molecule has 0 heterocycles. The van der Waals surface area contributed by atoms with Crippen molar-refractivity contribution in [2.75, 3.05) is 0 Å². The molecule has 4 nitrogen and oxygen atoms in total. The molecule has 0 saturated heterocycles. The molecule has 26 heavy (non-hydrogen) atoms. The molecule has 2 aromatic rings. The number of hydrogen-bond acceptors (Lipinski definition) is 3. The van der Waals surface area contributed by atoms with Gasteiger partial charge < -0.3 is 5.11 Å². The largest absolute Gasteiger partial charge is 0.478 e. The Bertz CT molecular complexity index is 879. The summed E-state index contributed by atoms with van der Waals surface area (Å²) in [6.07, 6.45) is 1.65. The number of carbonyl (C=O) groups excluding carboxylic acids is 2. The van der Waals surface area contributed by atoms with Crippen molar-refractivity contribution in [3.8, 4) is 0 Å². The van der Waals surface area contributed by atoms with Crippen LogP contribution in [0, 0.1) is 11.6 Å². The van der Waals surface area contributed by atoms with Crippen molar-refractivity contribution in [1.29, 1.82) is 0 Å². The van der Waals surface area contributed by atoms with Gasteiger partial charge in [-0.25, -0.2) is 13.6 Å². The van der Waals surface area contributed by atoms with Crippen LogP contribution in [0.5, 0.6) is 0 Å². The highest BCUT2D eigenvalue weighted by molar-refractivity contribution is 9.10. The molecule has 136 valence electrons. The van der Waals surface area contributed by atoms with Crippen molar-refractivity contribution in [3.63, 3.8) is 0 Å². The number of ketones is 2. The number of rotatable bonds is 4. The van der Waals surface area contributed by atoms with E-state index in [4.69, 9.17) is 5.11 Å². The first-order valence-corrected chi connectivity index (χ1v) is 8.56. The molecule has 0 fully saturated rings. The standard InChI is InChI=1S/C10H6BrFO3.C8H6BrFO/c11-8-5-6(12)1-2-7(8)9(13)3-4-10(14)15;1-5(11)7-3-2-6(10)4-8(7)9/h1-5H,(H,14,15);2-4H,1H3/b4-3+;. The maximum absolute atomic E-state index is 12.7. The third-order valence-electron chi connectivity index (χ3n) is 2.88. The zero-order valence-electron chi connectivity index (χ0n) is 13.3. The number of hydrogen-bond donors (Lipinski definition) is 1. The first kappa shape index (κ1) is 21.9. The zero-order valence-corrected chi connectivity index (χ0v) is 16.5. The smallest absolute Gasteiger partial charge is 0.328 e. The molecule has 0 radical (unpaired) electrons. The summed E-state index contributed by atoms with van der Waals surface area (Å²) in [7, 11) is 0. The third kappa shape index (κ3) is 6.97. The molecule has 0 unspecified atom stereocenters. The van der Waals surface area contributed by atoms with Crippen molar-refractivity contribution in [2.45, 2.75) is 6.92 Å². The summed E-state index contributed by atoms with van der Waals surface area (Å²) in [5.74, 6) is -2.59. The number of benzene rings is 2. The van der Waals surface area contributed by atoms with Crippen molar-refractivity contribution in [2.24, 2.45) is 0 Å². The van der Waals surface area contributed by atoms with Gasteiger partial charge in [-0.1, -0.05) is 0 Å². The van der Waals surface area contributed by atoms with E-state index >= 15 is 0 Å². The monoisotopic (exact) mass is 488 g/mol. The Kier molecular flexibility index (Phi) is 8.47. The molecule has 0 aliphatic heterocycles. The number of aliphatic carboxylic acids is 1. The molecule has 0 aliphatic carbocycles. The molecular weight excluding hydrogens is 478 g/mol. The molecule has 0 bridgehead atoms. The molecule has 2 rings (SSSR count). The Morgan fingerprint density at radius 1 is 0.885 bits per heavy atom. The minimum atomic E-state index is -1.21. The number of carboxylic acids is 1. The van der Waals surface area contributed by atoms with E-state index in [0.29, 0.717) is 14.5 Å². The SMILES string of the molecule is CC(=O)c1ccc(F)cc1Br.O=C(O)/C=C/C(=O)c1ccc(F)cc1Br. The van der Waals surface area contributed by atoms with Crippen LogP contribution in [-0.4, -0.2) is 22.6 Å². The van der Waals surface area contributed by atoms with Crippen molar-refractivity contribution < 1.29 is 28.3 Å². The second kappa shape index (κ2) is 10.1. The summed E-state index contributed by atoms with van der Waals surface area (Å²) in [5, 5.41) is 8.31. The minimum absolute atomic E-state index is 0.0723. The van der Waals surface area contributed by atoms with Gasteiger partial charge in [0.25, 0.3) is 0 Å². The van der Waals surface area contributed by atoms with Gasteiger partial charge in [-0.3, -0.25) is 9.59 Å². The average molecular weight is 490 g/mol. The van der Waals surface area contributed by atoms with Crippen LogP contribution in [0.3, 0.4) is 0 Å². The predicted octanol–water partition coefficient (Wildman–Crippen LogP) is 5.20. The topological polar surface area (TPSA) is 71.4 Å². The maximum Gasteiger partial charge on any atom is 0.328 e. The number of carbonyl (C=O) groups is 3. The van der Waals surface area contributed by atoms with E-state index in [0.717, 1.165) is 24.3 Å². The Morgan fingerprint density at radius 3 is 1.73 bits per heavy atom. The summed E-state index contributed by atoms with van der Waals surface area (Å²) in [6.45, 7) is 1.44. The Morgan fingerprint density at radius 2 is 1.35 bits per heavy atom. The molecular formula is C18H12Br2F2O4. The first-order chi connectivity index (χ1) is 12.1. The number of carboxylic acid groups (broad SMARTS) is 1. The van der Waals surface area contributed by atoms with Gasteiger partial charge in [0.2, 0.25) is 0 Å². The fraction of sp³-hybridized carbons (Fsp3) is 0.0556. The lowest BCUT2D eigenvalue weighted by atomic mass is 10.1. The number of halogens is 4. The highest BCUT2D eigenvalue weighted by Gasteiger charge is 2.08. The van der Waals surface area contributed by atoms with Crippen LogP contribution in [0.4, 0.5) is 8.78 Å². The summed E-state index contributed by atoms with van der Waals surface area (Å²) >= 11 is 6.10. The molecule has 0 aromatic heterocycles. The fourth-order valence-corrected chi connectivity index (χ4v) is 2.88. The lowest BCUT2D eigenvalue weighted by Gasteiger charge is -1.99.